The first-order chi connectivity index (χ1) is 10.3. The second kappa shape index (κ2) is 5.07. The molecule has 108 valence electrons. The van der Waals surface area contributed by atoms with E-state index in [4.69, 9.17) is 4.74 Å². The van der Waals surface area contributed by atoms with E-state index in [2.05, 4.69) is 40.4 Å². The Morgan fingerprint density at radius 1 is 1.38 bits per heavy atom. The van der Waals surface area contributed by atoms with Crippen molar-refractivity contribution < 1.29 is 4.74 Å². The average molecular weight is 316 g/mol. The normalized spacial score (nSPS) is 17.6. The third-order valence-electron chi connectivity index (χ3n) is 3.89. The summed E-state index contributed by atoms with van der Waals surface area (Å²) in [4.78, 5) is 8.40. The van der Waals surface area contributed by atoms with Gasteiger partial charge in [-0.25, -0.2) is 0 Å². The zero-order valence-corrected chi connectivity index (χ0v) is 13.7. The minimum atomic E-state index is 0.903. The lowest BCUT2D eigenvalue weighted by Crippen LogP contribution is -2.20. The van der Waals surface area contributed by atoms with Crippen LogP contribution >= 0.6 is 23.1 Å². The van der Waals surface area contributed by atoms with Crippen molar-refractivity contribution in [2.24, 2.45) is 4.99 Å². The molecule has 0 radical (unpaired) electrons. The van der Waals surface area contributed by atoms with Crippen molar-refractivity contribution in [3.05, 3.63) is 34.0 Å². The number of allylic oxidation sites excluding steroid dienone is 1. The van der Waals surface area contributed by atoms with Gasteiger partial charge in [-0.2, -0.15) is 0 Å². The van der Waals surface area contributed by atoms with Gasteiger partial charge in [0.15, 0.2) is 5.17 Å². The lowest BCUT2D eigenvalue weighted by atomic mass is 10.1. The van der Waals surface area contributed by atoms with Crippen molar-refractivity contribution >= 4 is 44.0 Å². The van der Waals surface area contributed by atoms with Gasteiger partial charge in [0.25, 0.3) is 0 Å². The number of methoxy groups -OCH3 is 1. The molecule has 0 amide bonds. The Bertz CT molecular complexity index is 776. The van der Waals surface area contributed by atoms with Gasteiger partial charge in [0.1, 0.15) is 5.75 Å². The Kier molecular flexibility index (Phi) is 3.19. The summed E-state index contributed by atoms with van der Waals surface area (Å²) in [5.74, 6) is 0.924. The number of thioether (sulfide) groups is 1. The molecule has 2 aliphatic rings. The maximum absolute atomic E-state index is 5.50. The number of hydrogen-bond acceptors (Lipinski definition) is 5. The first kappa shape index (κ1) is 13.2. The molecule has 0 unspecified atom stereocenters. The van der Waals surface area contributed by atoms with E-state index in [1.807, 2.05) is 11.8 Å². The molecule has 1 aromatic heterocycles. The van der Waals surface area contributed by atoms with E-state index in [1.54, 1.807) is 18.4 Å². The van der Waals surface area contributed by atoms with Crippen molar-refractivity contribution in [1.29, 1.82) is 0 Å². The average Bonchev–Trinajstić information content (AvgIpc) is 3.20. The molecule has 0 saturated heterocycles. The van der Waals surface area contributed by atoms with Crippen LogP contribution in [0.1, 0.15) is 18.9 Å². The summed E-state index contributed by atoms with van der Waals surface area (Å²) < 4.78 is 6.84. The largest absolute Gasteiger partial charge is 0.497 e. The van der Waals surface area contributed by atoms with Gasteiger partial charge in [-0.05, 0) is 35.4 Å². The number of fused-ring (bicyclic) bond motifs is 2. The van der Waals surface area contributed by atoms with Crippen molar-refractivity contribution in [2.45, 2.75) is 13.3 Å². The zero-order valence-electron chi connectivity index (χ0n) is 12.0. The summed E-state index contributed by atoms with van der Waals surface area (Å²) in [7, 11) is 1.73. The molecule has 0 aliphatic carbocycles. The molecule has 1 aromatic carbocycles. The second-order valence-electron chi connectivity index (χ2n) is 5.06. The SMILES string of the molecule is CCC1=C(c2cc(OC)cc3ccsc23)N2CCN=C2S1. The second-order valence-corrected chi connectivity index (χ2v) is 7.04. The lowest BCUT2D eigenvalue weighted by Gasteiger charge is -2.18. The van der Waals surface area contributed by atoms with E-state index in [1.165, 1.54) is 26.3 Å². The monoisotopic (exact) mass is 316 g/mol. The van der Waals surface area contributed by atoms with Crippen LogP contribution in [0.3, 0.4) is 0 Å². The first-order valence-electron chi connectivity index (χ1n) is 7.10. The standard InChI is InChI=1S/C16H16N2OS2/c1-3-13-14(18-6-5-17-16(18)21-13)12-9-11(19-2)8-10-4-7-20-15(10)12/h4,7-9H,3,5-6H2,1-2H3. The molecule has 0 saturated carbocycles. The number of amidine groups is 1. The Labute approximate surface area is 132 Å². The highest BCUT2D eigenvalue weighted by atomic mass is 32.2. The van der Waals surface area contributed by atoms with Gasteiger partial charge in [0.2, 0.25) is 0 Å². The Balaban J connectivity index is 1.96. The zero-order chi connectivity index (χ0) is 14.4. The van der Waals surface area contributed by atoms with Gasteiger partial charge in [-0.1, -0.05) is 18.7 Å². The van der Waals surface area contributed by atoms with Crippen molar-refractivity contribution in [3.63, 3.8) is 0 Å². The third-order valence-corrected chi connectivity index (χ3v) is 6.11. The predicted octanol–water partition coefficient (Wildman–Crippen LogP) is 4.41. The Morgan fingerprint density at radius 3 is 3.10 bits per heavy atom. The minimum Gasteiger partial charge on any atom is -0.497 e. The summed E-state index contributed by atoms with van der Waals surface area (Å²) in [6.07, 6.45) is 1.04. The van der Waals surface area contributed by atoms with E-state index < -0.39 is 0 Å². The molecule has 2 aromatic rings. The van der Waals surface area contributed by atoms with E-state index in [0.29, 0.717) is 0 Å². The molecule has 3 nitrogen and oxygen atoms in total. The highest BCUT2D eigenvalue weighted by Gasteiger charge is 2.33. The van der Waals surface area contributed by atoms with Crippen molar-refractivity contribution in [1.82, 2.24) is 4.90 Å². The number of hydrogen-bond donors (Lipinski definition) is 0. The summed E-state index contributed by atoms with van der Waals surface area (Å²) in [6.45, 7) is 4.11. The number of nitrogens with zero attached hydrogens (tertiary/aromatic N) is 2. The minimum absolute atomic E-state index is 0.903. The van der Waals surface area contributed by atoms with E-state index >= 15 is 0 Å². The maximum atomic E-state index is 5.50. The maximum Gasteiger partial charge on any atom is 0.168 e. The van der Waals surface area contributed by atoms with Crippen LogP contribution in [0.15, 0.2) is 33.5 Å². The molecular formula is C16H16N2OS2. The van der Waals surface area contributed by atoms with Gasteiger partial charge in [-0.3, -0.25) is 4.99 Å². The van der Waals surface area contributed by atoms with Crippen LogP contribution in [-0.2, 0) is 0 Å². The fourth-order valence-corrected chi connectivity index (χ4v) is 4.94. The Morgan fingerprint density at radius 2 is 2.29 bits per heavy atom. The molecule has 5 heteroatoms. The lowest BCUT2D eigenvalue weighted by molar-refractivity contribution is 0.415. The number of benzene rings is 1. The van der Waals surface area contributed by atoms with Crippen LogP contribution in [0, 0.1) is 0 Å². The molecule has 4 rings (SSSR count). The van der Waals surface area contributed by atoms with Crippen LogP contribution < -0.4 is 4.74 Å². The molecule has 3 heterocycles. The summed E-state index contributed by atoms with van der Waals surface area (Å²) in [5.41, 5.74) is 2.63. The quantitative estimate of drug-likeness (QED) is 0.838. The highest BCUT2D eigenvalue weighted by molar-refractivity contribution is 8.17. The molecule has 0 bridgehead atoms. The topological polar surface area (TPSA) is 24.8 Å². The fourth-order valence-electron chi connectivity index (χ4n) is 2.91. The molecule has 0 N–H and O–H groups in total. The van der Waals surface area contributed by atoms with Crippen LogP contribution in [-0.4, -0.2) is 30.3 Å². The van der Waals surface area contributed by atoms with Gasteiger partial charge >= 0.3 is 0 Å². The van der Waals surface area contributed by atoms with Gasteiger partial charge in [0.05, 0.1) is 19.4 Å². The summed E-state index contributed by atoms with van der Waals surface area (Å²) in [5, 5.41) is 4.57. The van der Waals surface area contributed by atoms with Crippen molar-refractivity contribution in [2.75, 3.05) is 20.2 Å². The van der Waals surface area contributed by atoms with Crippen molar-refractivity contribution in [3.8, 4) is 5.75 Å². The van der Waals surface area contributed by atoms with Gasteiger partial charge < -0.3 is 9.64 Å². The number of rotatable bonds is 3. The summed E-state index contributed by atoms with van der Waals surface area (Å²) in [6, 6.07) is 6.45. The molecular weight excluding hydrogens is 300 g/mol. The van der Waals surface area contributed by atoms with Gasteiger partial charge in [0, 0.05) is 21.7 Å². The third kappa shape index (κ3) is 1.99. The highest BCUT2D eigenvalue weighted by Crippen LogP contribution is 2.46. The van der Waals surface area contributed by atoms with E-state index in [0.717, 1.165) is 30.4 Å². The smallest absolute Gasteiger partial charge is 0.168 e. The Hall–Kier alpha value is -1.46. The number of aliphatic imine (C=N–C) groups is 1. The molecule has 0 spiro atoms. The summed E-state index contributed by atoms with van der Waals surface area (Å²) >= 11 is 3.63. The van der Waals surface area contributed by atoms with Crippen LogP contribution in [0.2, 0.25) is 0 Å². The van der Waals surface area contributed by atoms with Crippen LogP contribution in [0.5, 0.6) is 5.75 Å². The number of ether oxygens (including phenoxy) is 1. The van der Waals surface area contributed by atoms with Gasteiger partial charge in [-0.15, -0.1) is 11.3 Å². The fraction of sp³-hybridized carbons (Fsp3) is 0.312. The molecule has 0 fully saturated rings. The van der Waals surface area contributed by atoms with E-state index in [9.17, 15) is 0 Å². The predicted molar refractivity (Wildman–Crippen MR) is 92.2 cm³/mol. The molecule has 2 aliphatic heterocycles. The molecule has 21 heavy (non-hydrogen) atoms. The first-order valence-corrected chi connectivity index (χ1v) is 8.80. The number of thiophene rings is 1. The van der Waals surface area contributed by atoms with Crippen LogP contribution in [0.25, 0.3) is 15.8 Å². The van der Waals surface area contributed by atoms with Crippen LogP contribution in [0.4, 0.5) is 0 Å². The molecule has 0 atom stereocenters. The van der Waals surface area contributed by atoms with E-state index in [-0.39, 0.29) is 0 Å².